The summed E-state index contributed by atoms with van der Waals surface area (Å²) in [5.41, 5.74) is 2.28. The molecule has 154 valence electrons. The summed E-state index contributed by atoms with van der Waals surface area (Å²) in [5, 5.41) is 9.53. The Kier molecular flexibility index (Phi) is 6.05. The van der Waals surface area contributed by atoms with Crippen molar-refractivity contribution in [2.75, 3.05) is 24.6 Å². The van der Waals surface area contributed by atoms with Crippen LogP contribution >= 0.6 is 0 Å². The van der Waals surface area contributed by atoms with Gasteiger partial charge in [0, 0.05) is 43.1 Å². The molecule has 30 heavy (non-hydrogen) atoms. The fraction of sp³-hybridized carbons (Fsp3) is 0.250. The number of ketones is 1. The average molecular weight is 406 g/mol. The summed E-state index contributed by atoms with van der Waals surface area (Å²) in [5.74, 6) is -0.299. The van der Waals surface area contributed by atoms with Gasteiger partial charge in [-0.1, -0.05) is 18.2 Å². The highest BCUT2D eigenvalue weighted by molar-refractivity contribution is 6.09. The Bertz CT molecular complexity index is 1030. The van der Waals surface area contributed by atoms with E-state index in [-0.39, 0.29) is 24.1 Å². The molecule has 0 spiro atoms. The van der Waals surface area contributed by atoms with Crippen molar-refractivity contribution < 1.29 is 19.0 Å². The number of pyridine rings is 1. The summed E-state index contributed by atoms with van der Waals surface area (Å²) in [4.78, 5) is 19.2. The van der Waals surface area contributed by atoms with Gasteiger partial charge in [-0.3, -0.25) is 4.79 Å². The molecule has 1 fully saturated rings. The van der Waals surface area contributed by atoms with Crippen molar-refractivity contribution >= 4 is 11.5 Å². The van der Waals surface area contributed by atoms with Gasteiger partial charge in [0.15, 0.2) is 5.78 Å². The van der Waals surface area contributed by atoms with Crippen molar-refractivity contribution in [1.29, 1.82) is 0 Å². The topological polar surface area (TPSA) is 62.7 Å². The van der Waals surface area contributed by atoms with E-state index in [4.69, 9.17) is 4.74 Å². The van der Waals surface area contributed by atoms with Crippen molar-refractivity contribution in [3.8, 4) is 5.88 Å². The molecule has 0 bridgehead atoms. The molecule has 0 unspecified atom stereocenters. The molecule has 0 saturated carbocycles. The molecule has 0 aliphatic carbocycles. The maximum atomic E-state index is 14.0. The number of hydrogen-bond donors (Lipinski definition) is 1. The molecule has 1 aliphatic rings. The lowest BCUT2D eigenvalue weighted by molar-refractivity contribution is 0.103. The van der Waals surface area contributed by atoms with Crippen LogP contribution in [0.5, 0.6) is 5.88 Å². The van der Waals surface area contributed by atoms with E-state index in [9.17, 15) is 14.3 Å². The largest absolute Gasteiger partial charge is 0.472 e. The van der Waals surface area contributed by atoms with Gasteiger partial charge in [-0.2, -0.15) is 0 Å². The molecule has 4 rings (SSSR count). The minimum atomic E-state index is -0.538. The number of anilines is 1. The maximum absolute atomic E-state index is 14.0. The molecule has 1 aromatic heterocycles. The van der Waals surface area contributed by atoms with Gasteiger partial charge in [0.2, 0.25) is 5.88 Å². The normalized spacial score (nSPS) is 15.9. The number of ether oxygens (including phenoxy) is 1. The second-order valence-electron chi connectivity index (χ2n) is 7.27. The summed E-state index contributed by atoms with van der Waals surface area (Å²) < 4.78 is 20.0. The van der Waals surface area contributed by atoms with Crippen LogP contribution in [0.2, 0.25) is 0 Å². The van der Waals surface area contributed by atoms with Gasteiger partial charge in [0.1, 0.15) is 11.9 Å². The monoisotopic (exact) mass is 406 g/mol. The molecule has 0 radical (unpaired) electrons. The zero-order valence-corrected chi connectivity index (χ0v) is 16.5. The van der Waals surface area contributed by atoms with Gasteiger partial charge in [-0.25, -0.2) is 9.37 Å². The van der Waals surface area contributed by atoms with Gasteiger partial charge in [-0.05, 0) is 48.4 Å². The standard InChI is InChI=1S/C24H23FN2O3/c25-21-6-2-1-5-20(21)24(29)18-8-9-22(17(15-18)11-14-28)27-13-10-19(16-27)30-23-7-3-4-12-26-23/h1-9,12,15,19,28H,10-11,13-14,16H2/t19-/m0/s1. The zero-order chi connectivity index (χ0) is 20.9. The molecule has 1 saturated heterocycles. The molecule has 6 heteroatoms. The molecule has 2 aromatic carbocycles. The Morgan fingerprint density at radius 2 is 2.00 bits per heavy atom. The van der Waals surface area contributed by atoms with Crippen LogP contribution in [0.15, 0.2) is 66.9 Å². The van der Waals surface area contributed by atoms with E-state index in [0.29, 0.717) is 24.4 Å². The molecule has 2 heterocycles. The molecule has 1 aliphatic heterocycles. The van der Waals surface area contributed by atoms with E-state index in [0.717, 1.165) is 24.2 Å². The number of benzene rings is 2. The predicted molar refractivity (Wildman–Crippen MR) is 113 cm³/mol. The predicted octanol–water partition coefficient (Wildman–Crippen LogP) is 3.64. The van der Waals surface area contributed by atoms with Gasteiger partial charge in [0.05, 0.1) is 12.1 Å². The fourth-order valence-electron chi connectivity index (χ4n) is 3.79. The van der Waals surface area contributed by atoms with Crippen LogP contribution in [-0.4, -0.2) is 41.7 Å². The summed E-state index contributed by atoms with van der Waals surface area (Å²) in [6.45, 7) is 1.46. The lowest BCUT2D eigenvalue weighted by Crippen LogP contribution is -2.26. The first-order valence-electron chi connectivity index (χ1n) is 10.0. The molecule has 0 amide bonds. The van der Waals surface area contributed by atoms with Crippen molar-refractivity contribution in [2.24, 2.45) is 0 Å². The number of rotatable bonds is 7. The van der Waals surface area contributed by atoms with E-state index < -0.39 is 5.82 Å². The van der Waals surface area contributed by atoms with Crippen molar-refractivity contribution in [3.63, 3.8) is 0 Å². The third-order valence-electron chi connectivity index (χ3n) is 5.25. The number of halogens is 1. The van der Waals surface area contributed by atoms with E-state index in [1.54, 1.807) is 30.5 Å². The molecule has 1 atom stereocenters. The second-order valence-corrected chi connectivity index (χ2v) is 7.27. The molecular weight excluding hydrogens is 383 g/mol. The number of aromatic nitrogens is 1. The third-order valence-corrected chi connectivity index (χ3v) is 5.25. The van der Waals surface area contributed by atoms with Crippen LogP contribution in [0.1, 0.15) is 27.9 Å². The summed E-state index contributed by atoms with van der Waals surface area (Å²) in [6.07, 6.45) is 2.98. The van der Waals surface area contributed by atoms with E-state index in [1.165, 1.54) is 12.1 Å². The molecule has 5 nitrogen and oxygen atoms in total. The highest BCUT2D eigenvalue weighted by Crippen LogP contribution is 2.28. The number of nitrogens with zero attached hydrogens (tertiary/aromatic N) is 2. The number of carbonyl (C=O) groups is 1. The third kappa shape index (κ3) is 4.33. The zero-order valence-electron chi connectivity index (χ0n) is 16.5. The van der Waals surface area contributed by atoms with Crippen molar-refractivity contribution in [3.05, 3.63) is 89.4 Å². The van der Waals surface area contributed by atoms with E-state index in [1.807, 2.05) is 24.3 Å². The van der Waals surface area contributed by atoms with Crippen LogP contribution in [0.3, 0.4) is 0 Å². The van der Waals surface area contributed by atoms with Crippen LogP contribution in [-0.2, 0) is 6.42 Å². The van der Waals surface area contributed by atoms with Gasteiger partial charge in [-0.15, -0.1) is 0 Å². The highest BCUT2D eigenvalue weighted by atomic mass is 19.1. The average Bonchev–Trinajstić information content (AvgIpc) is 3.23. The Morgan fingerprint density at radius 3 is 2.77 bits per heavy atom. The SMILES string of the molecule is O=C(c1ccc(N2CC[C@H](Oc3ccccn3)C2)c(CCO)c1)c1ccccc1F. The summed E-state index contributed by atoms with van der Waals surface area (Å²) >= 11 is 0. The van der Waals surface area contributed by atoms with Crippen molar-refractivity contribution in [2.45, 2.75) is 18.9 Å². The van der Waals surface area contributed by atoms with Crippen LogP contribution < -0.4 is 9.64 Å². The van der Waals surface area contributed by atoms with Crippen LogP contribution in [0, 0.1) is 5.82 Å². The first-order valence-corrected chi connectivity index (χ1v) is 10.0. The smallest absolute Gasteiger partial charge is 0.213 e. The Morgan fingerprint density at radius 1 is 1.17 bits per heavy atom. The minimum Gasteiger partial charge on any atom is -0.472 e. The van der Waals surface area contributed by atoms with Crippen molar-refractivity contribution in [1.82, 2.24) is 4.98 Å². The lowest BCUT2D eigenvalue weighted by Gasteiger charge is -2.22. The van der Waals surface area contributed by atoms with Crippen LogP contribution in [0.25, 0.3) is 0 Å². The first-order chi connectivity index (χ1) is 14.7. The number of aliphatic hydroxyl groups is 1. The minimum absolute atomic E-state index is 0.0154. The quantitative estimate of drug-likeness (QED) is 0.607. The van der Waals surface area contributed by atoms with Gasteiger partial charge >= 0.3 is 0 Å². The molecular formula is C24H23FN2O3. The number of carbonyl (C=O) groups excluding carboxylic acids is 1. The Labute approximate surface area is 174 Å². The first kappa shape index (κ1) is 20.0. The molecule has 3 aromatic rings. The second kappa shape index (κ2) is 9.05. The lowest BCUT2D eigenvalue weighted by atomic mass is 9.98. The van der Waals surface area contributed by atoms with E-state index in [2.05, 4.69) is 9.88 Å². The van der Waals surface area contributed by atoms with E-state index >= 15 is 0 Å². The highest BCUT2D eigenvalue weighted by Gasteiger charge is 2.26. The summed E-state index contributed by atoms with van der Waals surface area (Å²) in [7, 11) is 0. The van der Waals surface area contributed by atoms with Gasteiger partial charge < -0.3 is 14.7 Å². The molecule has 1 N–H and O–H groups in total. The maximum Gasteiger partial charge on any atom is 0.213 e. The van der Waals surface area contributed by atoms with Gasteiger partial charge in [0.25, 0.3) is 0 Å². The number of hydrogen-bond acceptors (Lipinski definition) is 5. The number of aliphatic hydroxyl groups excluding tert-OH is 1. The Hall–Kier alpha value is -3.25. The summed E-state index contributed by atoms with van der Waals surface area (Å²) in [6, 6.07) is 16.9. The fourth-order valence-corrected chi connectivity index (χ4v) is 3.79. The van der Waals surface area contributed by atoms with Crippen LogP contribution in [0.4, 0.5) is 10.1 Å². The Balaban J connectivity index is 1.54.